The van der Waals surface area contributed by atoms with Gasteiger partial charge in [-0.1, -0.05) is 25.5 Å². The van der Waals surface area contributed by atoms with Crippen molar-refractivity contribution in [1.82, 2.24) is 0 Å². The molecule has 0 spiro atoms. The number of hydrogen-bond donors (Lipinski definition) is 1. The van der Waals surface area contributed by atoms with Gasteiger partial charge in [0.05, 0.1) is 11.4 Å². The molecular formula is C13H16N2O2. The minimum absolute atomic E-state index is 0.642. The Morgan fingerprint density at radius 1 is 1.47 bits per heavy atom. The quantitative estimate of drug-likeness (QED) is 0.867. The number of aliphatic carboxylic acids is 1. The molecule has 1 N–H and O–H groups in total. The molecule has 1 aromatic rings. The second-order valence-electron chi connectivity index (χ2n) is 4.10. The van der Waals surface area contributed by atoms with Crippen LogP contribution in [0.5, 0.6) is 0 Å². The van der Waals surface area contributed by atoms with Gasteiger partial charge in [0.25, 0.3) is 0 Å². The maximum absolute atomic E-state index is 11.2. The molecule has 0 aromatic heterocycles. The molecule has 4 nitrogen and oxygen atoms in total. The topological polar surface area (TPSA) is 52.9 Å². The number of nitrogens with zero attached hydrogens (tertiary/aromatic N) is 2. The maximum atomic E-state index is 11.2. The Morgan fingerprint density at radius 3 is 2.94 bits per heavy atom. The number of para-hydroxylation sites is 2. The van der Waals surface area contributed by atoms with Crippen molar-refractivity contribution in [2.45, 2.75) is 25.8 Å². The number of carboxylic acid groups (broad SMARTS) is 1. The largest absolute Gasteiger partial charge is 0.479 e. The van der Waals surface area contributed by atoms with Crippen LogP contribution in [0.4, 0.5) is 11.4 Å². The van der Waals surface area contributed by atoms with E-state index in [2.05, 4.69) is 11.9 Å². The van der Waals surface area contributed by atoms with E-state index in [0.717, 1.165) is 30.8 Å². The molecule has 0 bridgehead atoms. The van der Waals surface area contributed by atoms with Gasteiger partial charge in [-0.15, -0.1) is 0 Å². The molecule has 0 aliphatic carbocycles. The number of carbonyl (C=O) groups is 1. The molecule has 0 fully saturated rings. The fourth-order valence-corrected chi connectivity index (χ4v) is 1.98. The highest BCUT2D eigenvalue weighted by Crippen LogP contribution is 2.32. The van der Waals surface area contributed by atoms with E-state index < -0.39 is 12.0 Å². The molecule has 1 heterocycles. The summed E-state index contributed by atoms with van der Waals surface area (Å²) in [4.78, 5) is 17.3. The molecular weight excluding hydrogens is 216 g/mol. The Morgan fingerprint density at radius 2 is 2.24 bits per heavy atom. The Labute approximate surface area is 101 Å². The third-order valence-electron chi connectivity index (χ3n) is 2.89. The fourth-order valence-electron chi connectivity index (χ4n) is 1.98. The number of hydrogen-bond acceptors (Lipinski definition) is 3. The van der Waals surface area contributed by atoms with Crippen LogP contribution in [-0.2, 0) is 4.79 Å². The lowest BCUT2D eigenvalue weighted by Crippen LogP contribution is -2.44. The second-order valence-corrected chi connectivity index (χ2v) is 4.10. The number of rotatable bonds is 4. The first-order valence-corrected chi connectivity index (χ1v) is 5.86. The normalized spacial score (nSPS) is 17.9. The molecule has 1 unspecified atom stereocenters. The van der Waals surface area contributed by atoms with Crippen molar-refractivity contribution >= 4 is 23.6 Å². The van der Waals surface area contributed by atoms with E-state index in [1.54, 1.807) is 0 Å². The SMILES string of the molecule is CCCCN1c2ccccc2N=CC1C(=O)O. The smallest absolute Gasteiger partial charge is 0.332 e. The lowest BCUT2D eigenvalue weighted by Gasteiger charge is -2.32. The molecule has 17 heavy (non-hydrogen) atoms. The summed E-state index contributed by atoms with van der Waals surface area (Å²) in [7, 11) is 0. The minimum Gasteiger partial charge on any atom is -0.479 e. The third kappa shape index (κ3) is 2.30. The van der Waals surface area contributed by atoms with Crippen LogP contribution in [0.3, 0.4) is 0 Å². The molecule has 4 heteroatoms. The number of benzene rings is 1. The van der Waals surface area contributed by atoms with E-state index in [4.69, 9.17) is 0 Å². The predicted octanol–water partition coefficient (Wildman–Crippen LogP) is 2.46. The number of anilines is 1. The van der Waals surface area contributed by atoms with E-state index in [-0.39, 0.29) is 0 Å². The Hall–Kier alpha value is -1.84. The van der Waals surface area contributed by atoms with Crippen molar-refractivity contribution in [3.63, 3.8) is 0 Å². The van der Waals surface area contributed by atoms with Gasteiger partial charge in [-0.25, -0.2) is 4.79 Å². The summed E-state index contributed by atoms with van der Waals surface area (Å²) in [6.07, 6.45) is 3.54. The Kier molecular flexibility index (Phi) is 3.42. The van der Waals surface area contributed by atoms with Gasteiger partial charge in [-0.05, 0) is 18.6 Å². The summed E-state index contributed by atoms with van der Waals surface area (Å²) in [5, 5.41) is 9.20. The highest BCUT2D eigenvalue weighted by atomic mass is 16.4. The first-order valence-electron chi connectivity index (χ1n) is 5.86. The molecule has 0 saturated heterocycles. The van der Waals surface area contributed by atoms with Crippen LogP contribution in [0.2, 0.25) is 0 Å². The number of unbranched alkanes of at least 4 members (excludes halogenated alkanes) is 1. The monoisotopic (exact) mass is 232 g/mol. The first-order chi connectivity index (χ1) is 8.24. The van der Waals surface area contributed by atoms with Gasteiger partial charge >= 0.3 is 5.97 Å². The van der Waals surface area contributed by atoms with Gasteiger partial charge in [-0.2, -0.15) is 0 Å². The third-order valence-corrected chi connectivity index (χ3v) is 2.89. The van der Waals surface area contributed by atoms with E-state index >= 15 is 0 Å². The van der Waals surface area contributed by atoms with E-state index in [1.165, 1.54) is 6.21 Å². The van der Waals surface area contributed by atoms with Crippen molar-refractivity contribution in [3.05, 3.63) is 24.3 Å². The van der Waals surface area contributed by atoms with Crippen molar-refractivity contribution in [2.75, 3.05) is 11.4 Å². The van der Waals surface area contributed by atoms with Crippen LogP contribution in [0.1, 0.15) is 19.8 Å². The van der Waals surface area contributed by atoms with Gasteiger partial charge in [0, 0.05) is 12.8 Å². The van der Waals surface area contributed by atoms with E-state index in [1.807, 2.05) is 29.2 Å². The summed E-state index contributed by atoms with van der Waals surface area (Å²) in [6.45, 7) is 2.84. The molecule has 1 aromatic carbocycles. The predicted molar refractivity (Wildman–Crippen MR) is 68.3 cm³/mol. The summed E-state index contributed by atoms with van der Waals surface area (Å²) >= 11 is 0. The minimum atomic E-state index is -0.848. The van der Waals surface area contributed by atoms with Crippen LogP contribution < -0.4 is 4.90 Å². The molecule has 90 valence electrons. The van der Waals surface area contributed by atoms with Gasteiger partial charge in [0.2, 0.25) is 0 Å². The molecule has 1 aliphatic rings. The average molecular weight is 232 g/mol. The molecule has 2 rings (SSSR count). The molecule has 0 radical (unpaired) electrons. The van der Waals surface area contributed by atoms with Crippen LogP contribution in [0, 0.1) is 0 Å². The van der Waals surface area contributed by atoms with Gasteiger partial charge in [0.15, 0.2) is 6.04 Å². The molecule has 0 amide bonds. The van der Waals surface area contributed by atoms with Crippen molar-refractivity contribution in [3.8, 4) is 0 Å². The van der Waals surface area contributed by atoms with Gasteiger partial charge in [0.1, 0.15) is 0 Å². The lowest BCUT2D eigenvalue weighted by molar-refractivity contribution is -0.136. The zero-order valence-electron chi connectivity index (χ0n) is 9.84. The van der Waals surface area contributed by atoms with Crippen molar-refractivity contribution in [1.29, 1.82) is 0 Å². The summed E-state index contributed by atoms with van der Waals surface area (Å²) in [5.74, 6) is -0.848. The maximum Gasteiger partial charge on any atom is 0.332 e. The summed E-state index contributed by atoms with van der Waals surface area (Å²) in [6, 6.07) is 7.02. The fraction of sp³-hybridized carbons (Fsp3) is 0.385. The van der Waals surface area contributed by atoms with Crippen LogP contribution in [0.25, 0.3) is 0 Å². The van der Waals surface area contributed by atoms with Crippen LogP contribution in [0.15, 0.2) is 29.3 Å². The highest BCUT2D eigenvalue weighted by Gasteiger charge is 2.28. The lowest BCUT2D eigenvalue weighted by atomic mass is 10.1. The number of fused-ring (bicyclic) bond motifs is 1. The number of aliphatic imine (C=N–C) groups is 1. The summed E-state index contributed by atoms with van der Waals surface area (Å²) in [5.41, 5.74) is 1.76. The Balaban J connectivity index is 2.33. The Bertz CT molecular complexity index is 443. The van der Waals surface area contributed by atoms with Gasteiger partial charge < -0.3 is 10.0 Å². The van der Waals surface area contributed by atoms with Crippen molar-refractivity contribution in [2.24, 2.45) is 4.99 Å². The molecule has 1 aliphatic heterocycles. The highest BCUT2D eigenvalue weighted by molar-refractivity contribution is 6.01. The van der Waals surface area contributed by atoms with Crippen LogP contribution >= 0.6 is 0 Å². The molecule has 1 atom stereocenters. The van der Waals surface area contributed by atoms with Gasteiger partial charge in [-0.3, -0.25) is 4.99 Å². The standard InChI is InChI=1S/C13H16N2O2/c1-2-3-8-15-11-7-5-4-6-10(11)14-9-12(15)13(16)17/h4-7,9,12H,2-3,8H2,1H3,(H,16,17). The van der Waals surface area contributed by atoms with E-state index in [9.17, 15) is 9.90 Å². The van der Waals surface area contributed by atoms with Crippen LogP contribution in [-0.4, -0.2) is 29.9 Å². The molecule has 0 saturated carbocycles. The first kappa shape index (κ1) is 11.6. The summed E-state index contributed by atoms with van der Waals surface area (Å²) < 4.78 is 0. The van der Waals surface area contributed by atoms with Crippen molar-refractivity contribution < 1.29 is 9.90 Å². The average Bonchev–Trinajstić information content (AvgIpc) is 2.35. The zero-order chi connectivity index (χ0) is 12.3. The zero-order valence-corrected chi connectivity index (χ0v) is 9.84. The second kappa shape index (κ2) is 4.99. The van der Waals surface area contributed by atoms with E-state index in [0.29, 0.717) is 0 Å². The number of carboxylic acids is 1.